The fraction of sp³-hybridized carbons (Fsp3) is 0.278. The molecule has 0 fully saturated rings. The van der Waals surface area contributed by atoms with Gasteiger partial charge >= 0.3 is 0 Å². The van der Waals surface area contributed by atoms with E-state index in [2.05, 4.69) is 5.32 Å². The van der Waals surface area contributed by atoms with Gasteiger partial charge in [0.2, 0.25) is 0 Å². The van der Waals surface area contributed by atoms with Gasteiger partial charge in [-0.05, 0) is 29.3 Å². The van der Waals surface area contributed by atoms with Crippen LogP contribution >= 0.6 is 0 Å². The normalized spacial score (nSPS) is 14.0. The molecule has 2 N–H and O–H groups in total. The van der Waals surface area contributed by atoms with Gasteiger partial charge in [-0.2, -0.15) is 0 Å². The Labute approximate surface area is 129 Å². The Morgan fingerprint density at radius 3 is 2.86 bits per heavy atom. The molecule has 114 valence electrons. The summed E-state index contributed by atoms with van der Waals surface area (Å²) in [6.45, 7) is 0.914. The molecular formula is C18H19NO3. The predicted octanol–water partition coefficient (Wildman–Crippen LogP) is 1.95. The minimum atomic E-state index is -0.593. The Morgan fingerprint density at radius 1 is 1.23 bits per heavy atom. The summed E-state index contributed by atoms with van der Waals surface area (Å²) >= 11 is 0. The van der Waals surface area contributed by atoms with E-state index in [-0.39, 0.29) is 12.5 Å². The fourth-order valence-corrected chi connectivity index (χ4v) is 2.60. The van der Waals surface area contributed by atoms with E-state index in [1.165, 1.54) is 0 Å². The monoisotopic (exact) mass is 297 g/mol. The minimum Gasteiger partial charge on any atom is -0.493 e. The van der Waals surface area contributed by atoms with Crippen molar-refractivity contribution in [2.45, 2.75) is 18.9 Å². The number of fused-ring (bicyclic) bond motifs is 1. The molecule has 1 unspecified atom stereocenters. The molecule has 2 aromatic rings. The molecule has 1 atom stereocenters. The Hall–Kier alpha value is -2.33. The zero-order chi connectivity index (χ0) is 15.4. The van der Waals surface area contributed by atoms with Crippen LogP contribution in [0.3, 0.4) is 0 Å². The zero-order valence-corrected chi connectivity index (χ0v) is 12.3. The first-order valence-corrected chi connectivity index (χ1v) is 7.48. The number of ether oxygens (including phenoxy) is 1. The number of hydrogen-bond donors (Lipinski definition) is 2. The second-order valence-electron chi connectivity index (χ2n) is 5.47. The Morgan fingerprint density at radius 2 is 2.05 bits per heavy atom. The molecule has 22 heavy (non-hydrogen) atoms. The third-order valence-electron chi connectivity index (χ3n) is 3.76. The van der Waals surface area contributed by atoms with Crippen molar-refractivity contribution in [3.8, 4) is 5.75 Å². The van der Waals surface area contributed by atoms with Crippen molar-refractivity contribution < 1.29 is 14.6 Å². The van der Waals surface area contributed by atoms with Crippen LogP contribution in [0.2, 0.25) is 0 Å². The van der Waals surface area contributed by atoms with Gasteiger partial charge in [0, 0.05) is 24.9 Å². The van der Waals surface area contributed by atoms with Gasteiger partial charge in [0.25, 0.3) is 5.91 Å². The Balaban J connectivity index is 1.53. The summed E-state index contributed by atoms with van der Waals surface area (Å²) in [5.74, 6) is 0.697. The molecule has 0 radical (unpaired) electrons. The van der Waals surface area contributed by atoms with Gasteiger partial charge in [-0.3, -0.25) is 4.79 Å². The number of hydrogen-bond acceptors (Lipinski definition) is 3. The predicted molar refractivity (Wildman–Crippen MR) is 84.1 cm³/mol. The summed E-state index contributed by atoms with van der Waals surface area (Å²) in [7, 11) is 0. The van der Waals surface area contributed by atoms with Gasteiger partial charge in [-0.25, -0.2) is 0 Å². The molecule has 3 rings (SSSR count). The van der Waals surface area contributed by atoms with Crippen LogP contribution in [0.15, 0.2) is 48.5 Å². The van der Waals surface area contributed by atoms with E-state index in [0.717, 1.165) is 23.3 Å². The Bertz CT molecular complexity index is 655. The molecule has 1 aliphatic heterocycles. The van der Waals surface area contributed by atoms with Gasteiger partial charge in [0.1, 0.15) is 5.75 Å². The Kier molecular flexibility index (Phi) is 4.39. The summed E-state index contributed by atoms with van der Waals surface area (Å²) in [5.41, 5.74) is 2.73. The molecule has 1 heterocycles. The average Bonchev–Trinajstić information content (AvgIpc) is 3.01. The lowest BCUT2D eigenvalue weighted by molar-refractivity contribution is 0.0916. The highest BCUT2D eigenvalue weighted by molar-refractivity contribution is 5.94. The highest BCUT2D eigenvalue weighted by Gasteiger charge is 2.15. The maximum atomic E-state index is 12.1. The average molecular weight is 297 g/mol. The van der Waals surface area contributed by atoms with Gasteiger partial charge in [0.05, 0.1) is 12.7 Å². The SMILES string of the molecule is O=C(NCC(O)Cc1ccccc1)c1ccc2c(c1)CCO2. The first kappa shape index (κ1) is 14.6. The van der Waals surface area contributed by atoms with Crippen molar-refractivity contribution in [3.05, 3.63) is 65.2 Å². The van der Waals surface area contributed by atoms with Crippen LogP contribution in [0.25, 0.3) is 0 Å². The van der Waals surface area contributed by atoms with E-state index >= 15 is 0 Å². The molecule has 0 aliphatic carbocycles. The molecule has 0 bridgehead atoms. The van der Waals surface area contributed by atoms with Crippen LogP contribution in [0, 0.1) is 0 Å². The smallest absolute Gasteiger partial charge is 0.251 e. The molecule has 4 nitrogen and oxygen atoms in total. The topological polar surface area (TPSA) is 58.6 Å². The lowest BCUT2D eigenvalue weighted by Gasteiger charge is -2.12. The number of carbonyl (C=O) groups excluding carboxylic acids is 1. The first-order valence-electron chi connectivity index (χ1n) is 7.48. The number of amides is 1. The van der Waals surface area contributed by atoms with Gasteiger partial charge in [0.15, 0.2) is 0 Å². The summed E-state index contributed by atoms with van der Waals surface area (Å²) in [4.78, 5) is 12.1. The van der Waals surface area contributed by atoms with Crippen molar-refractivity contribution in [2.24, 2.45) is 0 Å². The number of nitrogens with one attached hydrogen (secondary N) is 1. The molecule has 0 spiro atoms. The lowest BCUT2D eigenvalue weighted by Crippen LogP contribution is -2.33. The summed E-state index contributed by atoms with van der Waals surface area (Å²) in [5, 5.41) is 12.8. The van der Waals surface area contributed by atoms with Gasteiger partial charge in [-0.15, -0.1) is 0 Å². The fourth-order valence-electron chi connectivity index (χ4n) is 2.60. The highest BCUT2D eigenvalue weighted by Crippen LogP contribution is 2.25. The number of aliphatic hydroxyl groups is 1. The van der Waals surface area contributed by atoms with Crippen molar-refractivity contribution in [1.29, 1.82) is 0 Å². The van der Waals surface area contributed by atoms with Crippen molar-refractivity contribution in [1.82, 2.24) is 5.32 Å². The van der Waals surface area contributed by atoms with E-state index < -0.39 is 6.10 Å². The maximum absolute atomic E-state index is 12.1. The molecule has 0 saturated carbocycles. The zero-order valence-electron chi connectivity index (χ0n) is 12.3. The van der Waals surface area contributed by atoms with Gasteiger partial charge < -0.3 is 15.2 Å². The van der Waals surface area contributed by atoms with E-state index in [1.54, 1.807) is 6.07 Å². The second kappa shape index (κ2) is 6.62. The molecule has 4 heteroatoms. The maximum Gasteiger partial charge on any atom is 0.251 e. The van der Waals surface area contributed by atoms with Crippen LogP contribution in [-0.2, 0) is 12.8 Å². The van der Waals surface area contributed by atoms with Crippen LogP contribution in [0.4, 0.5) is 0 Å². The number of benzene rings is 2. The van der Waals surface area contributed by atoms with E-state index in [0.29, 0.717) is 18.6 Å². The van der Waals surface area contributed by atoms with Crippen molar-refractivity contribution in [3.63, 3.8) is 0 Å². The highest BCUT2D eigenvalue weighted by atomic mass is 16.5. The molecule has 1 aliphatic rings. The number of carbonyl (C=O) groups is 1. The second-order valence-corrected chi connectivity index (χ2v) is 5.47. The largest absolute Gasteiger partial charge is 0.493 e. The quantitative estimate of drug-likeness (QED) is 0.887. The third kappa shape index (κ3) is 3.46. The number of rotatable bonds is 5. The molecule has 0 saturated heterocycles. The molecular weight excluding hydrogens is 278 g/mol. The molecule has 0 aromatic heterocycles. The first-order chi connectivity index (χ1) is 10.7. The van der Waals surface area contributed by atoms with Crippen LogP contribution < -0.4 is 10.1 Å². The standard InChI is InChI=1S/C18H19NO3/c20-16(10-13-4-2-1-3-5-13)12-19-18(21)15-6-7-17-14(11-15)8-9-22-17/h1-7,11,16,20H,8-10,12H2,(H,19,21). The summed E-state index contributed by atoms with van der Waals surface area (Å²) in [6, 6.07) is 15.2. The van der Waals surface area contributed by atoms with Crippen LogP contribution in [0.5, 0.6) is 5.75 Å². The summed E-state index contributed by atoms with van der Waals surface area (Å²) < 4.78 is 5.43. The minimum absolute atomic E-state index is 0.165. The van der Waals surface area contributed by atoms with E-state index in [4.69, 9.17) is 4.74 Å². The van der Waals surface area contributed by atoms with Crippen molar-refractivity contribution >= 4 is 5.91 Å². The summed E-state index contributed by atoms with van der Waals surface area (Å²) in [6.07, 6.45) is 0.774. The van der Waals surface area contributed by atoms with Crippen LogP contribution in [0.1, 0.15) is 21.5 Å². The third-order valence-corrected chi connectivity index (χ3v) is 3.76. The number of aliphatic hydroxyl groups excluding tert-OH is 1. The van der Waals surface area contributed by atoms with E-state index in [9.17, 15) is 9.90 Å². The molecule has 1 amide bonds. The molecule has 2 aromatic carbocycles. The van der Waals surface area contributed by atoms with Crippen LogP contribution in [-0.4, -0.2) is 30.3 Å². The lowest BCUT2D eigenvalue weighted by atomic mass is 10.1. The van der Waals surface area contributed by atoms with Gasteiger partial charge in [-0.1, -0.05) is 30.3 Å². The van der Waals surface area contributed by atoms with E-state index in [1.807, 2.05) is 42.5 Å². The van der Waals surface area contributed by atoms with Crippen molar-refractivity contribution in [2.75, 3.05) is 13.2 Å².